The quantitative estimate of drug-likeness (QED) is 0.625. The van der Waals surface area contributed by atoms with E-state index in [-0.39, 0.29) is 0 Å². The van der Waals surface area contributed by atoms with Gasteiger partial charge in [-0.05, 0) is 25.3 Å². The summed E-state index contributed by atoms with van der Waals surface area (Å²) in [5.41, 5.74) is 3.74. The third-order valence-electron chi connectivity index (χ3n) is 4.69. The van der Waals surface area contributed by atoms with Gasteiger partial charge in [-0.3, -0.25) is 4.99 Å². The predicted molar refractivity (Wildman–Crippen MR) is 111 cm³/mol. The molecule has 0 radical (unpaired) electrons. The summed E-state index contributed by atoms with van der Waals surface area (Å²) in [4.78, 5) is 13.7. The molecular formula is C20H29N5S. The molecule has 0 amide bonds. The zero-order valence-corrected chi connectivity index (χ0v) is 16.9. The Morgan fingerprint density at radius 3 is 2.69 bits per heavy atom. The van der Waals surface area contributed by atoms with Crippen LogP contribution in [0.5, 0.6) is 0 Å². The van der Waals surface area contributed by atoms with Crippen molar-refractivity contribution in [3.8, 4) is 0 Å². The number of aryl methyl sites for hydroxylation is 1. The fourth-order valence-electron chi connectivity index (χ4n) is 3.19. The van der Waals surface area contributed by atoms with Crippen molar-refractivity contribution in [2.75, 3.05) is 38.6 Å². The van der Waals surface area contributed by atoms with Crippen molar-refractivity contribution in [3.05, 3.63) is 46.5 Å². The van der Waals surface area contributed by atoms with Crippen LogP contribution in [0.15, 0.2) is 34.6 Å². The Morgan fingerprint density at radius 2 is 2.00 bits per heavy atom. The number of aliphatic imine (C=N–C) groups is 1. The highest BCUT2D eigenvalue weighted by atomic mass is 32.1. The van der Waals surface area contributed by atoms with Crippen molar-refractivity contribution in [3.63, 3.8) is 0 Å². The molecule has 1 N–H and O–H groups in total. The molecule has 1 aliphatic rings. The summed E-state index contributed by atoms with van der Waals surface area (Å²) in [5, 5.41) is 6.82. The van der Waals surface area contributed by atoms with Crippen LogP contribution in [0.4, 0.5) is 5.13 Å². The summed E-state index contributed by atoms with van der Waals surface area (Å²) < 4.78 is 0. The highest BCUT2D eigenvalue weighted by molar-refractivity contribution is 7.13. The molecule has 0 unspecified atom stereocenters. The Balaban J connectivity index is 1.47. The molecule has 1 aliphatic heterocycles. The number of hydrogen-bond acceptors (Lipinski definition) is 4. The number of benzene rings is 1. The smallest absolute Gasteiger partial charge is 0.193 e. The summed E-state index contributed by atoms with van der Waals surface area (Å²) in [7, 11) is 3.91. The molecule has 26 heavy (non-hydrogen) atoms. The molecule has 1 saturated heterocycles. The largest absolute Gasteiger partial charge is 0.356 e. The van der Waals surface area contributed by atoms with Gasteiger partial charge >= 0.3 is 0 Å². The Morgan fingerprint density at radius 1 is 1.27 bits per heavy atom. The van der Waals surface area contributed by atoms with Crippen molar-refractivity contribution in [1.29, 1.82) is 0 Å². The van der Waals surface area contributed by atoms with Crippen LogP contribution in [0.1, 0.15) is 29.7 Å². The molecule has 3 rings (SSSR count). The van der Waals surface area contributed by atoms with Gasteiger partial charge in [0.25, 0.3) is 0 Å². The van der Waals surface area contributed by atoms with Crippen LogP contribution in [-0.2, 0) is 13.0 Å². The van der Waals surface area contributed by atoms with Crippen LogP contribution in [-0.4, -0.2) is 49.6 Å². The molecule has 2 aromatic rings. The number of nitrogens with one attached hydrogen (secondary N) is 1. The van der Waals surface area contributed by atoms with Crippen LogP contribution in [0.2, 0.25) is 0 Å². The van der Waals surface area contributed by atoms with E-state index in [1.54, 1.807) is 11.3 Å². The van der Waals surface area contributed by atoms with Gasteiger partial charge < -0.3 is 15.1 Å². The van der Waals surface area contributed by atoms with Crippen LogP contribution in [0.25, 0.3) is 0 Å². The van der Waals surface area contributed by atoms with Gasteiger partial charge in [-0.2, -0.15) is 0 Å². The lowest BCUT2D eigenvalue weighted by molar-refractivity contribution is 0.477. The monoisotopic (exact) mass is 371 g/mol. The Hall–Kier alpha value is -2.08. The number of guanidine groups is 1. The van der Waals surface area contributed by atoms with Crippen molar-refractivity contribution in [2.45, 2.75) is 32.7 Å². The Labute approximate surface area is 160 Å². The van der Waals surface area contributed by atoms with Gasteiger partial charge in [0.15, 0.2) is 11.1 Å². The second-order valence-corrected chi connectivity index (χ2v) is 7.72. The topological polar surface area (TPSA) is 43.8 Å². The van der Waals surface area contributed by atoms with E-state index >= 15 is 0 Å². The van der Waals surface area contributed by atoms with E-state index in [1.807, 2.05) is 7.05 Å². The van der Waals surface area contributed by atoms with Gasteiger partial charge in [-0.1, -0.05) is 29.8 Å². The number of anilines is 1. The van der Waals surface area contributed by atoms with E-state index in [1.165, 1.54) is 34.8 Å². The summed E-state index contributed by atoms with van der Waals surface area (Å²) in [6, 6.07) is 8.65. The highest BCUT2D eigenvalue weighted by Crippen LogP contribution is 2.24. The minimum atomic E-state index is 0.841. The number of hydrogen-bond donors (Lipinski definition) is 1. The first-order valence-corrected chi connectivity index (χ1v) is 10.2. The van der Waals surface area contributed by atoms with Gasteiger partial charge in [0.2, 0.25) is 0 Å². The molecule has 0 aliphatic carbocycles. The average Bonchev–Trinajstić information content (AvgIpc) is 3.32. The van der Waals surface area contributed by atoms with Crippen molar-refractivity contribution in [2.24, 2.45) is 4.99 Å². The molecular weight excluding hydrogens is 342 g/mol. The maximum absolute atomic E-state index is 4.79. The van der Waals surface area contributed by atoms with Gasteiger partial charge in [-0.15, -0.1) is 11.3 Å². The number of rotatable bonds is 6. The maximum Gasteiger partial charge on any atom is 0.193 e. The molecule has 0 spiro atoms. The summed E-state index contributed by atoms with van der Waals surface area (Å²) in [6.07, 6.45) is 3.50. The molecule has 0 bridgehead atoms. The molecule has 6 heteroatoms. The fourth-order valence-corrected chi connectivity index (χ4v) is 4.11. The predicted octanol–water partition coefficient (Wildman–Crippen LogP) is 3.30. The van der Waals surface area contributed by atoms with Crippen LogP contribution in [0, 0.1) is 6.92 Å². The van der Waals surface area contributed by atoms with Gasteiger partial charge in [0, 0.05) is 52.1 Å². The zero-order chi connectivity index (χ0) is 18.4. The molecule has 0 atom stereocenters. The molecule has 2 heterocycles. The molecule has 1 aromatic heterocycles. The lowest BCUT2D eigenvalue weighted by Crippen LogP contribution is -2.39. The molecule has 0 saturated carbocycles. The van der Waals surface area contributed by atoms with E-state index in [2.05, 4.69) is 63.7 Å². The van der Waals surface area contributed by atoms with Crippen LogP contribution >= 0.6 is 11.3 Å². The first-order valence-electron chi connectivity index (χ1n) is 9.32. The van der Waals surface area contributed by atoms with Crippen molar-refractivity contribution < 1.29 is 0 Å². The van der Waals surface area contributed by atoms with E-state index in [4.69, 9.17) is 4.98 Å². The number of aromatic nitrogens is 1. The third kappa shape index (κ3) is 4.97. The zero-order valence-electron chi connectivity index (χ0n) is 16.0. The number of nitrogens with zero attached hydrogens (tertiary/aromatic N) is 4. The second kappa shape index (κ2) is 9.03. The van der Waals surface area contributed by atoms with Crippen molar-refractivity contribution in [1.82, 2.24) is 15.2 Å². The van der Waals surface area contributed by atoms with Crippen LogP contribution in [0.3, 0.4) is 0 Å². The Bertz CT molecular complexity index is 716. The summed E-state index contributed by atoms with van der Waals surface area (Å²) in [5.74, 6) is 0.917. The lowest BCUT2D eigenvalue weighted by Gasteiger charge is -2.22. The maximum atomic E-state index is 4.79. The van der Waals surface area contributed by atoms with E-state index < -0.39 is 0 Å². The van der Waals surface area contributed by atoms with E-state index in [0.29, 0.717) is 0 Å². The van der Waals surface area contributed by atoms with Gasteiger partial charge in [0.05, 0.1) is 5.69 Å². The first-order chi connectivity index (χ1) is 12.7. The minimum absolute atomic E-state index is 0.841. The Kier molecular flexibility index (Phi) is 6.50. The molecule has 5 nitrogen and oxygen atoms in total. The molecule has 140 valence electrons. The lowest BCUT2D eigenvalue weighted by atomic mass is 10.1. The standard InChI is InChI=1S/C20H29N5S/c1-16-6-8-17(9-7-16)14-24(3)19(21-2)22-11-10-18-15-26-20(23-18)25-12-4-5-13-25/h6-9,15H,4-5,10-14H2,1-3H3,(H,21,22). The SMILES string of the molecule is CN=C(NCCc1csc(N2CCCC2)n1)N(C)Cc1ccc(C)cc1. The van der Waals surface area contributed by atoms with Crippen LogP contribution < -0.4 is 10.2 Å². The fraction of sp³-hybridized carbons (Fsp3) is 0.500. The molecule has 1 aromatic carbocycles. The number of thiazole rings is 1. The third-order valence-corrected chi connectivity index (χ3v) is 5.64. The second-order valence-electron chi connectivity index (χ2n) is 6.88. The summed E-state index contributed by atoms with van der Waals surface area (Å²) in [6.45, 7) is 6.11. The van der Waals surface area contributed by atoms with Crippen molar-refractivity contribution >= 4 is 22.4 Å². The van der Waals surface area contributed by atoms with E-state index in [9.17, 15) is 0 Å². The van der Waals surface area contributed by atoms with E-state index in [0.717, 1.165) is 38.6 Å². The normalized spacial score (nSPS) is 14.7. The first kappa shape index (κ1) is 18.7. The van der Waals surface area contributed by atoms with Gasteiger partial charge in [0.1, 0.15) is 0 Å². The van der Waals surface area contributed by atoms with Gasteiger partial charge in [-0.25, -0.2) is 4.98 Å². The summed E-state index contributed by atoms with van der Waals surface area (Å²) >= 11 is 1.77. The highest BCUT2D eigenvalue weighted by Gasteiger charge is 2.15. The minimum Gasteiger partial charge on any atom is -0.356 e. The molecule has 1 fully saturated rings. The average molecular weight is 372 g/mol.